The molecule has 1 rings (SSSR count). The van der Waals surface area contributed by atoms with E-state index in [1.807, 2.05) is 64.1 Å². The SMILES string of the molecule is C/C=C/c1ccccc1C=N[C@H](C(=O)O)C(C)(C)C. The van der Waals surface area contributed by atoms with Crippen LogP contribution in [0.5, 0.6) is 0 Å². The van der Waals surface area contributed by atoms with Crippen molar-refractivity contribution in [3.8, 4) is 0 Å². The first-order chi connectivity index (χ1) is 8.86. The zero-order chi connectivity index (χ0) is 14.5. The van der Waals surface area contributed by atoms with E-state index in [1.54, 1.807) is 6.21 Å². The van der Waals surface area contributed by atoms with Crippen LogP contribution >= 0.6 is 0 Å². The van der Waals surface area contributed by atoms with Crippen molar-refractivity contribution >= 4 is 18.3 Å². The summed E-state index contributed by atoms with van der Waals surface area (Å²) in [6.45, 7) is 7.58. The Morgan fingerprint density at radius 3 is 2.32 bits per heavy atom. The van der Waals surface area contributed by atoms with E-state index < -0.39 is 17.4 Å². The molecule has 1 aromatic rings. The number of aliphatic imine (C=N–C) groups is 1. The number of hydrogen-bond donors (Lipinski definition) is 1. The zero-order valence-corrected chi connectivity index (χ0v) is 11.9. The van der Waals surface area contributed by atoms with Gasteiger partial charge in [-0.1, -0.05) is 57.2 Å². The number of carboxylic acid groups (broad SMARTS) is 1. The van der Waals surface area contributed by atoms with Crippen molar-refractivity contribution in [2.75, 3.05) is 0 Å². The molecule has 0 heterocycles. The zero-order valence-electron chi connectivity index (χ0n) is 11.9. The predicted molar refractivity (Wildman–Crippen MR) is 79.6 cm³/mol. The third kappa shape index (κ3) is 4.36. The molecule has 1 atom stereocenters. The molecule has 0 aliphatic heterocycles. The highest BCUT2D eigenvalue weighted by Crippen LogP contribution is 2.22. The van der Waals surface area contributed by atoms with Crippen molar-refractivity contribution in [2.45, 2.75) is 33.7 Å². The molecular weight excluding hydrogens is 238 g/mol. The smallest absolute Gasteiger partial charge is 0.328 e. The highest BCUT2D eigenvalue weighted by atomic mass is 16.4. The number of rotatable bonds is 4. The number of carbonyl (C=O) groups is 1. The van der Waals surface area contributed by atoms with Crippen molar-refractivity contribution in [3.63, 3.8) is 0 Å². The average molecular weight is 259 g/mol. The molecule has 19 heavy (non-hydrogen) atoms. The minimum Gasteiger partial charge on any atom is -0.480 e. The van der Waals surface area contributed by atoms with Gasteiger partial charge in [0.25, 0.3) is 0 Å². The van der Waals surface area contributed by atoms with Gasteiger partial charge in [-0.15, -0.1) is 0 Å². The molecule has 0 spiro atoms. The van der Waals surface area contributed by atoms with Gasteiger partial charge in [-0.3, -0.25) is 4.99 Å². The molecule has 0 saturated heterocycles. The van der Waals surface area contributed by atoms with Crippen LogP contribution in [0.1, 0.15) is 38.8 Å². The van der Waals surface area contributed by atoms with Gasteiger partial charge in [0.05, 0.1) is 0 Å². The summed E-state index contributed by atoms with van der Waals surface area (Å²) in [4.78, 5) is 15.5. The van der Waals surface area contributed by atoms with Crippen LogP contribution in [-0.2, 0) is 4.79 Å². The lowest BCUT2D eigenvalue weighted by atomic mass is 9.87. The van der Waals surface area contributed by atoms with Crippen LogP contribution in [-0.4, -0.2) is 23.3 Å². The summed E-state index contributed by atoms with van der Waals surface area (Å²) >= 11 is 0. The molecule has 0 radical (unpaired) electrons. The van der Waals surface area contributed by atoms with Crippen molar-refractivity contribution in [2.24, 2.45) is 10.4 Å². The molecule has 0 bridgehead atoms. The van der Waals surface area contributed by atoms with Crippen LogP contribution in [0.15, 0.2) is 35.3 Å². The minimum atomic E-state index is -0.896. The first-order valence-electron chi connectivity index (χ1n) is 6.34. The Labute approximate surface area is 114 Å². The van der Waals surface area contributed by atoms with Gasteiger partial charge < -0.3 is 5.11 Å². The number of aliphatic carboxylic acids is 1. The second-order valence-electron chi connectivity index (χ2n) is 5.51. The maximum atomic E-state index is 11.3. The lowest BCUT2D eigenvalue weighted by molar-refractivity contribution is -0.140. The first-order valence-corrected chi connectivity index (χ1v) is 6.34. The van der Waals surface area contributed by atoms with Crippen LogP contribution in [0.4, 0.5) is 0 Å². The van der Waals surface area contributed by atoms with E-state index >= 15 is 0 Å². The molecule has 0 aliphatic rings. The Morgan fingerprint density at radius 1 is 1.26 bits per heavy atom. The van der Waals surface area contributed by atoms with Gasteiger partial charge in [-0.25, -0.2) is 4.79 Å². The number of hydrogen-bond acceptors (Lipinski definition) is 2. The van der Waals surface area contributed by atoms with Gasteiger partial charge in [0.2, 0.25) is 0 Å². The molecule has 0 aromatic heterocycles. The normalized spacial score (nSPS) is 14.1. The number of carboxylic acids is 1. The van der Waals surface area contributed by atoms with Crippen LogP contribution in [0, 0.1) is 5.41 Å². The fraction of sp³-hybridized carbons (Fsp3) is 0.375. The van der Waals surface area contributed by atoms with Gasteiger partial charge in [0, 0.05) is 6.21 Å². The molecule has 0 fully saturated rings. The highest BCUT2D eigenvalue weighted by Gasteiger charge is 2.30. The molecule has 0 amide bonds. The summed E-state index contributed by atoms with van der Waals surface area (Å²) in [5, 5.41) is 9.23. The van der Waals surface area contributed by atoms with Gasteiger partial charge in [-0.2, -0.15) is 0 Å². The number of benzene rings is 1. The molecule has 1 aromatic carbocycles. The van der Waals surface area contributed by atoms with Gasteiger partial charge in [0.15, 0.2) is 6.04 Å². The third-order valence-electron chi connectivity index (χ3n) is 2.76. The minimum absolute atomic E-state index is 0.405. The highest BCUT2D eigenvalue weighted by molar-refractivity contribution is 5.87. The predicted octanol–water partition coefficient (Wildman–Crippen LogP) is 3.64. The van der Waals surface area contributed by atoms with Crippen molar-refractivity contribution in [1.82, 2.24) is 0 Å². The van der Waals surface area contributed by atoms with Gasteiger partial charge in [0.1, 0.15) is 0 Å². The third-order valence-corrected chi connectivity index (χ3v) is 2.76. The summed E-state index contributed by atoms with van der Waals surface area (Å²) in [7, 11) is 0. The van der Waals surface area contributed by atoms with Crippen LogP contribution in [0.25, 0.3) is 6.08 Å². The maximum Gasteiger partial charge on any atom is 0.328 e. The summed E-state index contributed by atoms with van der Waals surface area (Å²) in [5.74, 6) is -0.896. The fourth-order valence-electron chi connectivity index (χ4n) is 1.77. The lowest BCUT2D eigenvalue weighted by Crippen LogP contribution is -2.32. The molecule has 0 unspecified atom stereocenters. The van der Waals surface area contributed by atoms with E-state index in [9.17, 15) is 9.90 Å². The average Bonchev–Trinajstić information content (AvgIpc) is 2.29. The van der Waals surface area contributed by atoms with Gasteiger partial charge in [-0.05, 0) is 23.5 Å². The molecular formula is C16H21NO2. The Balaban J connectivity index is 3.06. The Morgan fingerprint density at radius 2 is 1.84 bits per heavy atom. The summed E-state index contributed by atoms with van der Waals surface area (Å²) in [6.07, 6.45) is 5.58. The van der Waals surface area contributed by atoms with E-state index in [1.165, 1.54) is 0 Å². The first kappa shape index (κ1) is 15.2. The van der Waals surface area contributed by atoms with Crippen LogP contribution < -0.4 is 0 Å². The number of allylic oxidation sites excluding steroid dienone is 1. The summed E-state index contributed by atoms with van der Waals surface area (Å²) in [6, 6.07) is 7.03. The van der Waals surface area contributed by atoms with E-state index in [4.69, 9.17) is 0 Å². The van der Waals surface area contributed by atoms with Crippen molar-refractivity contribution in [1.29, 1.82) is 0 Å². The standard InChI is InChI=1S/C16H21NO2/c1-5-8-12-9-6-7-10-13(12)11-17-14(15(18)19)16(2,3)4/h5-11,14H,1-4H3,(H,18,19)/b8-5+,17-11?/t14-/m1/s1. The van der Waals surface area contributed by atoms with Crippen molar-refractivity contribution < 1.29 is 9.90 Å². The van der Waals surface area contributed by atoms with E-state index in [0.717, 1.165) is 11.1 Å². The largest absolute Gasteiger partial charge is 0.480 e. The summed E-state index contributed by atoms with van der Waals surface area (Å²) in [5.41, 5.74) is 1.56. The molecule has 3 nitrogen and oxygen atoms in total. The van der Waals surface area contributed by atoms with Crippen LogP contribution in [0.3, 0.4) is 0 Å². The number of nitrogens with zero attached hydrogens (tertiary/aromatic N) is 1. The van der Waals surface area contributed by atoms with Crippen LogP contribution in [0.2, 0.25) is 0 Å². The maximum absolute atomic E-state index is 11.3. The Bertz CT molecular complexity index is 496. The topological polar surface area (TPSA) is 49.7 Å². The van der Waals surface area contributed by atoms with E-state index in [2.05, 4.69) is 4.99 Å². The lowest BCUT2D eigenvalue weighted by Gasteiger charge is -2.23. The van der Waals surface area contributed by atoms with Gasteiger partial charge >= 0.3 is 5.97 Å². The second-order valence-corrected chi connectivity index (χ2v) is 5.51. The van der Waals surface area contributed by atoms with Crippen molar-refractivity contribution in [3.05, 3.63) is 41.5 Å². The Hall–Kier alpha value is -1.90. The van der Waals surface area contributed by atoms with E-state index in [-0.39, 0.29) is 0 Å². The molecule has 102 valence electrons. The molecule has 0 saturated carbocycles. The van der Waals surface area contributed by atoms with E-state index in [0.29, 0.717) is 0 Å². The second kappa shape index (κ2) is 6.32. The Kier molecular flexibility index (Phi) is 5.04. The molecule has 0 aliphatic carbocycles. The monoisotopic (exact) mass is 259 g/mol. The summed E-state index contributed by atoms with van der Waals surface area (Å²) < 4.78 is 0. The molecule has 3 heteroatoms. The molecule has 1 N–H and O–H groups in total. The quantitative estimate of drug-likeness (QED) is 0.839. The fourth-order valence-corrected chi connectivity index (χ4v) is 1.77.